The van der Waals surface area contributed by atoms with E-state index >= 15 is 0 Å². The van der Waals surface area contributed by atoms with Crippen molar-refractivity contribution >= 4 is 17.2 Å². The Morgan fingerprint density at radius 2 is 2.26 bits per heavy atom. The Bertz CT molecular complexity index is 427. The third-order valence-electron chi connectivity index (χ3n) is 4.09. The van der Waals surface area contributed by atoms with Gasteiger partial charge >= 0.3 is 0 Å². The minimum atomic E-state index is 0.343. The molecular formula is C15H22N2OS. The van der Waals surface area contributed by atoms with E-state index in [2.05, 4.69) is 34.2 Å². The molecule has 1 aliphatic carbocycles. The first-order chi connectivity index (χ1) is 9.22. The summed E-state index contributed by atoms with van der Waals surface area (Å²) in [6.07, 6.45) is 4.38. The van der Waals surface area contributed by atoms with Crippen molar-refractivity contribution in [2.45, 2.75) is 45.2 Å². The first-order valence-electron chi connectivity index (χ1n) is 7.26. The van der Waals surface area contributed by atoms with Gasteiger partial charge in [-0.3, -0.25) is 9.69 Å². The van der Waals surface area contributed by atoms with E-state index in [0.29, 0.717) is 17.9 Å². The van der Waals surface area contributed by atoms with Crippen LogP contribution in [-0.2, 0) is 11.3 Å². The fourth-order valence-electron chi connectivity index (χ4n) is 2.79. The first-order valence-corrected chi connectivity index (χ1v) is 8.14. The van der Waals surface area contributed by atoms with E-state index in [9.17, 15) is 4.79 Å². The second-order valence-electron chi connectivity index (χ2n) is 5.96. The highest BCUT2D eigenvalue weighted by Crippen LogP contribution is 2.30. The van der Waals surface area contributed by atoms with Crippen LogP contribution in [0.2, 0.25) is 0 Å². The zero-order valence-electron chi connectivity index (χ0n) is 11.5. The molecule has 19 heavy (non-hydrogen) atoms. The number of hydrogen-bond donors (Lipinski definition) is 0. The number of nitrogens with zero attached hydrogens (tertiary/aromatic N) is 2. The molecule has 1 saturated heterocycles. The van der Waals surface area contributed by atoms with Crippen LogP contribution in [0.1, 0.15) is 37.5 Å². The number of likely N-dealkylation sites (tertiary alicyclic amines) is 1. The molecule has 2 aliphatic rings. The van der Waals surface area contributed by atoms with Gasteiger partial charge in [0.05, 0.1) is 6.67 Å². The van der Waals surface area contributed by atoms with Gasteiger partial charge in [-0.25, -0.2) is 0 Å². The van der Waals surface area contributed by atoms with E-state index in [-0.39, 0.29) is 0 Å². The van der Waals surface area contributed by atoms with Crippen molar-refractivity contribution in [1.29, 1.82) is 0 Å². The van der Waals surface area contributed by atoms with Crippen molar-refractivity contribution < 1.29 is 4.79 Å². The molecule has 1 amide bonds. The van der Waals surface area contributed by atoms with E-state index in [1.807, 2.05) is 11.3 Å². The lowest BCUT2D eigenvalue weighted by Gasteiger charge is -2.35. The molecule has 1 saturated carbocycles. The summed E-state index contributed by atoms with van der Waals surface area (Å²) in [6, 6.07) is 5.01. The van der Waals surface area contributed by atoms with Crippen LogP contribution >= 0.6 is 11.3 Å². The minimum absolute atomic E-state index is 0.343. The summed E-state index contributed by atoms with van der Waals surface area (Å²) in [5.41, 5.74) is 0. The normalized spacial score (nSPS) is 24.2. The SMILES string of the molecule is C[C@H]1CCC(=O)N(CN(Cc2cccs2)C2CC2)C1. The molecule has 0 N–H and O–H groups in total. The van der Waals surface area contributed by atoms with Crippen LogP contribution in [0.25, 0.3) is 0 Å². The van der Waals surface area contributed by atoms with Gasteiger partial charge in [-0.05, 0) is 36.6 Å². The standard InChI is InChI=1S/C15H22N2OS/c1-12-4-7-15(18)17(9-12)11-16(13-5-6-13)10-14-3-2-8-19-14/h2-3,8,12-13H,4-7,9-11H2,1H3/t12-/m0/s1. The van der Waals surface area contributed by atoms with Gasteiger partial charge in [0.15, 0.2) is 0 Å². The number of piperidine rings is 1. The van der Waals surface area contributed by atoms with Crippen molar-refractivity contribution in [1.82, 2.24) is 9.80 Å². The van der Waals surface area contributed by atoms with Gasteiger partial charge < -0.3 is 4.90 Å². The smallest absolute Gasteiger partial charge is 0.223 e. The van der Waals surface area contributed by atoms with Crippen LogP contribution in [0.15, 0.2) is 17.5 Å². The molecule has 2 heterocycles. The van der Waals surface area contributed by atoms with Crippen LogP contribution in [0, 0.1) is 5.92 Å². The summed E-state index contributed by atoms with van der Waals surface area (Å²) >= 11 is 1.81. The van der Waals surface area contributed by atoms with Crippen LogP contribution in [0.3, 0.4) is 0 Å². The molecule has 3 nitrogen and oxygen atoms in total. The third kappa shape index (κ3) is 3.37. The van der Waals surface area contributed by atoms with Crippen LogP contribution < -0.4 is 0 Å². The Kier molecular flexibility index (Phi) is 3.89. The highest BCUT2D eigenvalue weighted by atomic mass is 32.1. The Labute approximate surface area is 119 Å². The van der Waals surface area contributed by atoms with Gasteiger partial charge in [0.2, 0.25) is 5.91 Å². The summed E-state index contributed by atoms with van der Waals surface area (Å²) in [7, 11) is 0. The van der Waals surface area contributed by atoms with E-state index < -0.39 is 0 Å². The molecule has 0 radical (unpaired) electrons. The van der Waals surface area contributed by atoms with Crippen LogP contribution in [0.4, 0.5) is 0 Å². The van der Waals surface area contributed by atoms with Crippen molar-refractivity contribution in [2.75, 3.05) is 13.2 Å². The Balaban J connectivity index is 1.62. The molecule has 0 aromatic carbocycles. The Morgan fingerprint density at radius 1 is 1.42 bits per heavy atom. The second kappa shape index (κ2) is 5.63. The van der Waals surface area contributed by atoms with Crippen LogP contribution in [-0.4, -0.2) is 35.0 Å². The quantitative estimate of drug-likeness (QED) is 0.827. The molecule has 1 aliphatic heterocycles. The summed E-state index contributed by atoms with van der Waals surface area (Å²) < 4.78 is 0. The van der Waals surface area contributed by atoms with Crippen molar-refractivity contribution in [3.05, 3.63) is 22.4 Å². The average Bonchev–Trinajstić information content (AvgIpc) is 3.12. The van der Waals surface area contributed by atoms with Gasteiger partial charge in [-0.15, -0.1) is 11.3 Å². The molecule has 1 aromatic heterocycles. The van der Waals surface area contributed by atoms with Crippen molar-refractivity contribution in [3.8, 4) is 0 Å². The molecular weight excluding hydrogens is 256 g/mol. The molecule has 0 spiro atoms. The van der Waals surface area contributed by atoms with Gasteiger partial charge in [0.1, 0.15) is 0 Å². The Morgan fingerprint density at radius 3 is 2.95 bits per heavy atom. The number of amides is 1. The van der Waals surface area contributed by atoms with Crippen LogP contribution in [0.5, 0.6) is 0 Å². The lowest BCUT2D eigenvalue weighted by Crippen LogP contribution is -2.46. The lowest BCUT2D eigenvalue weighted by molar-refractivity contribution is -0.137. The molecule has 3 rings (SSSR count). The number of rotatable bonds is 5. The third-order valence-corrected chi connectivity index (χ3v) is 4.95. The van der Waals surface area contributed by atoms with Gasteiger partial charge in [0.25, 0.3) is 0 Å². The largest absolute Gasteiger partial charge is 0.329 e. The predicted octanol–water partition coefficient (Wildman–Crippen LogP) is 2.93. The van der Waals surface area contributed by atoms with Crippen molar-refractivity contribution in [3.63, 3.8) is 0 Å². The van der Waals surface area contributed by atoms with E-state index in [1.165, 1.54) is 17.7 Å². The molecule has 0 unspecified atom stereocenters. The molecule has 4 heteroatoms. The fourth-order valence-corrected chi connectivity index (χ4v) is 3.52. The van der Waals surface area contributed by atoms with Gasteiger partial charge in [0, 0.05) is 30.4 Å². The highest BCUT2D eigenvalue weighted by Gasteiger charge is 2.32. The molecule has 2 fully saturated rings. The summed E-state index contributed by atoms with van der Waals surface area (Å²) in [5, 5.41) is 2.13. The Hall–Kier alpha value is -0.870. The maximum absolute atomic E-state index is 12.0. The highest BCUT2D eigenvalue weighted by molar-refractivity contribution is 7.09. The molecule has 1 aromatic rings. The predicted molar refractivity (Wildman–Crippen MR) is 77.9 cm³/mol. The first kappa shape index (κ1) is 13.1. The summed E-state index contributed by atoms with van der Waals surface area (Å²) in [5.74, 6) is 0.996. The average molecular weight is 278 g/mol. The number of thiophene rings is 1. The molecule has 0 bridgehead atoms. The maximum atomic E-state index is 12.0. The second-order valence-corrected chi connectivity index (χ2v) is 6.99. The number of carbonyl (C=O) groups is 1. The molecule has 1 atom stereocenters. The monoisotopic (exact) mass is 278 g/mol. The van der Waals surface area contributed by atoms with E-state index in [4.69, 9.17) is 0 Å². The topological polar surface area (TPSA) is 23.6 Å². The van der Waals surface area contributed by atoms with Gasteiger partial charge in [-0.1, -0.05) is 13.0 Å². The fraction of sp³-hybridized carbons (Fsp3) is 0.667. The minimum Gasteiger partial charge on any atom is -0.329 e. The van der Waals surface area contributed by atoms with Crippen molar-refractivity contribution in [2.24, 2.45) is 5.92 Å². The maximum Gasteiger partial charge on any atom is 0.223 e. The lowest BCUT2D eigenvalue weighted by atomic mass is 10.0. The summed E-state index contributed by atoms with van der Waals surface area (Å²) in [4.78, 5) is 18.0. The molecule has 104 valence electrons. The van der Waals surface area contributed by atoms with E-state index in [0.717, 1.165) is 32.6 Å². The zero-order valence-corrected chi connectivity index (χ0v) is 12.4. The summed E-state index contributed by atoms with van der Waals surface area (Å²) in [6.45, 7) is 5.01. The zero-order chi connectivity index (χ0) is 13.2. The number of hydrogen-bond acceptors (Lipinski definition) is 3. The van der Waals surface area contributed by atoms with E-state index in [1.54, 1.807) is 0 Å². The van der Waals surface area contributed by atoms with Gasteiger partial charge in [-0.2, -0.15) is 0 Å². The number of carbonyl (C=O) groups excluding carboxylic acids is 1.